The predicted octanol–water partition coefficient (Wildman–Crippen LogP) is 2.99. The Hall–Kier alpha value is -1.09. The molecule has 1 aliphatic carbocycles. The number of hydrogen-bond donors (Lipinski definition) is 1. The van der Waals surface area contributed by atoms with Crippen LogP contribution in [0.4, 0.5) is 4.39 Å². The van der Waals surface area contributed by atoms with E-state index in [2.05, 4.69) is 5.32 Å². The monoisotopic (exact) mass is 269 g/mol. The molecule has 4 heteroatoms. The molecule has 0 saturated heterocycles. The van der Waals surface area contributed by atoms with E-state index >= 15 is 0 Å². The SMILES string of the molecule is O=C(CCl)NCC1(c2ccccc2F)CCCC1. The van der Waals surface area contributed by atoms with Crippen LogP contribution in [0.15, 0.2) is 24.3 Å². The molecule has 2 rings (SSSR count). The van der Waals surface area contributed by atoms with Crippen molar-refractivity contribution < 1.29 is 9.18 Å². The Bertz CT molecular complexity index is 430. The first-order chi connectivity index (χ1) is 8.68. The second kappa shape index (κ2) is 5.70. The number of halogens is 2. The predicted molar refractivity (Wildman–Crippen MR) is 70.3 cm³/mol. The van der Waals surface area contributed by atoms with E-state index in [0.717, 1.165) is 31.2 Å². The summed E-state index contributed by atoms with van der Waals surface area (Å²) in [6.07, 6.45) is 3.98. The number of carbonyl (C=O) groups is 1. The molecule has 0 radical (unpaired) electrons. The highest BCUT2D eigenvalue weighted by Crippen LogP contribution is 2.41. The van der Waals surface area contributed by atoms with Crippen LogP contribution in [-0.4, -0.2) is 18.3 Å². The van der Waals surface area contributed by atoms with Gasteiger partial charge < -0.3 is 5.32 Å². The summed E-state index contributed by atoms with van der Waals surface area (Å²) in [6.45, 7) is 0.472. The van der Waals surface area contributed by atoms with Crippen LogP contribution >= 0.6 is 11.6 Å². The van der Waals surface area contributed by atoms with Gasteiger partial charge >= 0.3 is 0 Å². The van der Waals surface area contributed by atoms with Gasteiger partial charge in [-0.2, -0.15) is 0 Å². The van der Waals surface area contributed by atoms with Crippen molar-refractivity contribution in [2.75, 3.05) is 12.4 Å². The molecule has 0 bridgehead atoms. The molecule has 1 saturated carbocycles. The minimum absolute atomic E-state index is 0.0483. The molecular formula is C14H17ClFNO. The van der Waals surface area contributed by atoms with Crippen molar-refractivity contribution in [3.05, 3.63) is 35.6 Å². The molecule has 0 heterocycles. The topological polar surface area (TPSA) is 29.1 Å². The summed E-state index contributed by atoms with van der Waals surface area (Å²) in [5, 5.41) is 2.80. The summed E-state index contributed by atoms with van der Waals surface area (Å²) in [7, 11) is 0. The van der Waals surface area contributed by atoms with Crippen LogP contribution in [0.3, 0.4) is 0 Å². The largest absolute Gasteiger partial charge is 0.354 e. The summed E-state index contributed by atoms with van der Waals surface area (Å²) >= 11 is 5.47. The Labute approximate surface area is 112 Å². The average Bonchev–Trinajstić information content (AvgIpc) is 2.86. The highest BCUT2D eigenvalue weighted by atomic mass is 35.5. The van der Waals surface area contributed by atoms with Crippen molar-refractivity contribution in [3.8, 4) is 0 Å². The van der Waals surface area contributed by atoms with Gasteiger partial charge in [0.1, 0.15) is 11.7 Å². The number of amides is 1. The van der Waals surface area contributed by atoms with E-state index in [1.54, 1.807) is 6.07 Å². The summed E-state index contributed by atoms with van der Waals surface area (Å²) < 4.78 is 14.0. The number of hydrogen-bond acceptors (Lipinski definition) is 1. The number of benzene rings is 1. The lowest BCUT2D eigenvalue weighted by atomic mass is 9.78. The van der Waals surface area contributed by atoms with Crippen molar-refractivity contribution in [1.82, 2.24) is 5.32 Å². The molecule has 1 N–H and O–H groups in total. The van der Waals surface area contributed by atoms with Crippen LogP contribution in [0.1, 0.15) is 31.2 Å². The molecule has 0 aliphatic heterocycles. The van der Waals surface area contributed by atoms with Gasteiger partial charge in [0.2, 0.25) is 5.91 Å². The quantitative estimate of drug-likeness (QED) is 0.837. The standard InChI is InChI=1S/C14H17ClFNO/c15-9-13(18)17-10-14(7-3-4-8-14)11-5-1-2-6-12(11)16/h1-2,5-6H,3-4,7-10H2,(H,17,18). The van der Waals surface area contributed by atoms with Gasteiger partial charge in [-0.15, -0.1) is 11.6 Å². The normalized spacial score (nSPS) is 17.7. The number of alkyl halides is 1. The first-order valence-corrected chi connectivity index (χ1v) is 6.79. The summed E-state index contributed by atoms with van der Waals surface area (Å²) in [4.78, 5) is 11.3. The Morgan fingerprint density at radius 1 is 1.33 bits per heavy atom. The van der Waals surface area contributed by atoms with Crippen molar-refractivity contribution in [2.24, 2.45) is 0 Å². The molecule has 1 amide bonds. The van der Waals surface area contributed by atoms with Gasteiger partial charge in [-0.25, -0.2) is 4.39 Å². The van der Waals surface area contributed by atoms with Crippen LogP contribution in [0, 0.1) is 5.82 Å². The van der Waals surface area contributed by atoms with Crippen LogP contribution in [-0.2, 0) is 10.2 Å². The summed E-state index contributed by atoms with van der Waals surface area (Å²) in [5.41, 5.74) is 0.463. The highest BCUT2D eigenvalue weighted by molar-refractivity contribution is 6.27. The number of nitrogens with one attached hydrogen (secondary N) is 1. The molecule has 1 aromatic rings. The highest BCUT2D eigenvalue weighted by Gasteiger charge is 2.37. The van der Waals surface area contributed by atoms with Gasteiger partial charge in [0.25, 0.3) is 0 Å². The molecular weight excluding hydrogens is 253 g/mol. The Balaban J connectivity index is 2.22. The van der Waals surface area contributed by atoms with Crippen LogP contribution < -0.4 is 5.32 Å². The minimum atomic E-state index is -0.257. The first kappa shape index (κ1) is 13.3. The molecule has 1 aliphatic rings. The smallest absolute Gasteiger partial charge is 0.234 e. The van der Waals surface area contributed by atoms with E-state index in [1.165, 1.54) is 6.07 Å². The number of carbonyl (C=O) groups excluding carboxylic acids is 1. The molecule has 0 unspecified atom stereocenters. The molecule has 98 valence electrons. The molecule has 1 aromatic carbocycles. The van der Waals surface area contributed by atoms with Crippen molar-refractivity contribution >= 4 is 17.5 Å². The number of rotatable bonds is 4. The van der Waals surface area contributed by atoms with Crippen molar-refractivity contribution in [1.29, 1.82) is 0 Å². The van der Waals surface area contributed by atoms with Gasteiger partial charge in [-0.3, -0.25) is 4.79 Å². The second-order valence-electron chi connectivity index (χ2n) is 4.88. The first-order valence-electron chi connectivity index (χ1n) is 6.26. The fourth-order valence-electron chi connectivity index (χ4n) is 2.80. The fourth-order valence-corrected chi connectivity index (χ4v) is 2.89. The van der Waals surface area contributed by atoms with Gasteiger partial charge in [-0.05, 0) is 24.5 Å². The summed E-state index contributed by atoms with van der Waals surface area (Å²) in [5.74, 6) is -0.424. The fraction of sp³-hybridized carbons (Fsp3) is 0.500. The van der Waals surface area contributed by atoms with Crippen LogP contribution in [0.5, 0.6) is 0 Å². The molecule has 0 spiro atoms. The van der Waals surface area contributed by atoms with E-state index in [4.69, 9.17) is 11.6 Å². The van der Waals surface area contributed by atoms with Crippen LogP contribution in [0.2, 0.25) is 0 Å². The Morgan fingerprint density at radius 2 is 2.00 bits per heavy atom. The zero-order valence-corrected chi connectivity index (χ0v) is 11.0. The van der Waals surface area contributed by atoms with Gasteiger partial charge in [-0.1, -0.05) is 31.0 Å². The molecule has 1 fully saturated rings. The van der Waals surface area contributed by atoms with Gasteiger partial charge in [0.05, 0.1) is 0 Å². The maximum atomic E-state index is 14.0. The van der Waals surface area contributed by atoms with Crippen LogP contribution in [0.25, 0.3) is 0 Å². The maximum Gasteiger partial charge on any atom is 0.234 e. The zero-order valence-electron chi connectivity index (χ0n) is 10.2. The lowest BCUT2D eigenvalue weighted by molar-refractivity contribution is -0.118. The van der Waals surface area contributed by atoms with E-state index in [1.807, 2.05) is 12.1 Å². The molecule has 2 nitrogen and oxygen atoms in total. The zero-order chi connectivity index (χ0) is 13.0. The van der Waals surface area contributed by atoms with E-state index in [-0.39, 0.29) is 23.0 Å². The molecule has 0 aromatic heterocycles. The Kier molecular flexibility index (Phi) is 4.23. The van der Waals surface area contributed by atoms with Crippen molar-refractivity contribution in [3.63, 3.8) is 0 Å². The summed E-state index contributed by atoms with van der Waals surface area (Å²) in [6, 6.07) is 6.85. The van der Waals surface area contributed by atoms with E-state index in [0.29, 0.717) is 6.54 Å². The second-order valence-corrected chi connectivity index (χ2v) is 5.14. The van der Waals surface area contributed by atoms with Crippen molar-refractivity contribution in [2.45, 2.75) is 31.1 Å². The molecule has 18 heavy (non-hydrogen) atoms. The Morgan fingerprint density at radius 3 is 2.61 bits per heavy atom. The van der Waals surface area contributed by atoms with E-state index in [9.17, 15) is 9.18 Å². The van der Waals surface area contributed by atoms with Gasteiger partial charge in [0, 0.05) is 12.0 Å². The third-order valence-electron chi connectivity index (χ3n) is 3.75. The van der Waals surface area contributed by atoms with Gasteiger partial charge in [0.15, 0.2) is 0 Å². The lowest BCUT2D eigenvalue weighted by Gasteiger charge is -2.30. The third kappa shape index (κ3) is 2.66. The minimum Gasteiger partial charge on any atom is -0.354 e. The van der Waals surface area contributed by atoms with E-state index < -0.39 is 0 Å². The average molecular weight is 270 g/mol. The maximum absolute atomic E-state index is 14.0. The third-order valence-corrected chi connectivity index (χ3v) is 3.99. The lowest BCUT2D eigenvalue weighted by Crippen LogP contribution is -2.40. The molecule has 0 atom stereocenters.